The number of hydrogen-bond acceptors (Lipinski definition) is 5. The van der Waals surface area contributed by atoms with Crippen LogP contribution in [0.4, 0.5) is 0 Å². The molecule has 0 saturated heterocycles. The van der Waals surface area contributed by atoms with E-state index in [-0.39, 0.29) is 5.56 Å². The zero-order valence-corrected chi connectivity index (χ0v) is 15.8. The highest BCUT2D eigenvalue weighted by atomic mass is 35.5. The predicted molar refractivity (Wildman–Crippen MR) is 103 cm³/mol. The molecule has 1 aliphatic carbocycles. The molecule has 2 atom stereocenters. The van der Waals surface area contributed by atoms with Crippen molar-refractivity contribution in [3.05, 3.63) is 69.8 Å². The average molecular weight is 383 g/mol. The van der Waals surface area contributed by atoms with Gasteiger partial charge >= 0.3 is 0 Å². The van der Waals surface area contributed by atoms with Gasteiger partial charge in [-0.3, -0.25) is 9.78 Å². The Morgan fingerprint density at radius 3 is 2.85 bits per heavy atom. The Bertz CT molecular complexity index is 1030. The summed E-state index contributed by atoms with van der Waals surface area (Å²) in [5.41, 5.74) is 2.42. The monoisotopic (exact) mass is 382 g/mol. The summed E-state index contributed by atoms with van der Waals surface area (Å²) < 4.78 is 7.55. The fraction of sp³-hybridized carbons (Fsp3) is 0.300. The van der Waals surface area contributed by atoms with Crippen molar-refractivity contribution in [2.24, 2.45) is 13.0 Å². The first-order chi connectivity index (χ1) is 13.0. The van der Waals surface area contributed by atoms with Crippen LogP contribution in [-0.4, -0.2) is 26.1 Å². The Morgan fingerprint density at radius 2 is 2.11 bits per heavy atom. The summed E-state index contributed by atoms with van der Waals surface area (Å²) in [6.07, 6.45) is 6.14. The molecule has 0 radical (unpaired) electrons. The lowest BCUT2D eigenvalue weighted by molar-refractivity contribution is 0.285. The van der Waals surface area contributed by atoms with E-state index in [9.17, 15) is 4.79 Å². The third-order valence-corrected chi connectivity index (χ3v) is 5.00. The second-order valence-electron chi connectivity index (χ2n) is 6.82. The highest BCUT2D eigenvalue weighted by molar-refractivity contribution is 6.30. The number of halogens is 1. The van der Waals surface area contributed by atoms with Crippen molar-refractivity contribution in [2.45, 2.75) is 19.3 Å². The van der Waals surface area contributed by atoms with Gasteiger partial charge in [-0.2, -0.15) is 4.98 Å². The van der Waals surface area contributed by atoms with Gasteiger partial charge in [0.1, 0.15) is 5.82 Å². The lowest BCUT2D eigenvalue weighted by Gasteiger charge is -2.11. The number of aryl methyl sites for hydroxylation is 2. The molecule has 0 bridgehead atoms. The molecule has 1 fully saturated rings. The van der Waals surface area contributed by atoms with Crippen LogP contribution in [-0.2, 0) is 7.05 Å². The highest BCUT2D eigenvalue weighted by Gasteiger charge is 2.40. The minimum atomic E-state index is -0.0879. The van der Waals surface area contributed by atoms with Crippen LogP contribution in [0.1, 0.15) is 23.9 Å². The molecule has 0 aromatic carbocycles. The third-order valence-electron chi connectivity index (χ3n) is 4.78. The van der Waals surface area contributed by atoms with E-state index in [2.05, 4.69) is 15.0 Å². The van der Waals surface area contributed by atoms with Crippen LogP contribution in [0.25, 0.3) is 11.1 Å². The van der Waals surface area contributed by atoms with Crippen molar-refractivity contribution >= 4 is 11.6 Å². The summed E-state index contributed by atoms with van der Waals surface area (Å²) in [6.45, 7) is 2.36. The predicted octanol–water partition coefficient (Wildman–Crippen LogP) is 3.38. The fourth-order valence-electron chi connectivity index (χ4n) is 3.06. The van der Waals surface area contributed by atoms with Crippen molar-refractivity contribution in [1.29, 1.82) is 0 Å². The van der Waals surface area contributed by atoms with Gasteiger partial charge in [0, 0.05) is 49.2 Å². The molecule has 0 spiro atoms. The maximum Gasteiger partial charge on any atom is 0.250 e. The molecule has 3 aromatic rings. The minimum absolute atomic E-state index is 0.0879. The van der Waals surface area contributed by atoms with Crippen LogP contribution in [0.2, 0.25) is 5.02 Å². The van der Waals surface area contributed by atoms with Gasteiger partial charge in [0.05, 0.1) is 17.2 Å². The summed E-state index contributed by atoms with van der Waals surface area (Å²) in [5.74, 6) is 1.91. The maximum absolute atomic E-state index is 12.0. The molecule has 3 heterocycles. The Labute approximate surface area is 161 Å². The Hall–Kier alpha value is -2.73. The topological polar surface area (TPSA) is 69.9 Å². The van der Waals surface area contributed by atoms with Crippen molar-refractivity contribution < 1.29 is 4.74 Å². The molecule has 7 heteroatoms. The van der Waals surface area contributed by atoms with Crippen molar-refractivity contribution in [3.63, 3.8) is 0 Å². The van der Waals surface area contributed by atoms with Gasteiger partial charge in [-0.05, 0) is 37.1 Å². The molecule has 0 unspecified atom stereocenters. The third kappa shape index (κ3) is 3.85. The number of nitrogens with zero attached hydrogens (tertiary/aromatic N) is 4. The van der Waals surface area contributed by atoms with Crippen LogP contribution in [0.15, 0.2) is 47.7 Å². The Kier molecular flexibility index (Phi) is 4.66. The highest BCUT2D eigenvalue weighted by Crippen LogP contribution is 2.47. The average Bonchev–Trinajstić information content (AvgIpc) is 3.43. The first kappa shape index (κ1) is 17.7. The molecule has 0 aliphatic heterocycles. The maximum atomic E-state index is 12.0. The van der Waals surface area contributed by atoms with E-state index in [1.54, 1.807) is 31.7 Å². The van der Waals surface area contributed by atoms with Gasteiger partial charge in [0.2, 0.25) is 5.88 Å². The molecule has 1 saturated carbocycles. The van der Waals surface area contributed by atoms with Crippen LogP contribution in [0.3, 0.4) is 0 Å². The van der Waals surface area contributed by atoms with Crippen LogP contribution in [0.5, 0.6) is 5.88 Å². The molecular formula is C20H19ClN4O2. The van der Waals surface area contributed by atoms with Gasteiger partial charge in [0.15, 0.2) is 0 Å². The SMILES string of the molecule is Cc1ncc(-c2ccn(C)c(=O)c2)c(OC[C@@H]2C[C@H]2c2ccc(Cl)cn2)n1. The van der Waals surface area contributed by atoms with E-state index < -0.39 is 0 Å². The molecular weight excluding hydrogens is 364 g/mol. The van der Waals surface area contributed by atoms with Crippen LogP contribution < -0.4 is 10.3 Å². The molecule has 0 N–H and O–H groups in total. The molecule has 0 amide bonds. The van der Waals surface area contributed by atoms with E-state index in [4.69, 9.17) is 16.3 Å². The van der Waals surface area contributed by atoms with E-state index in [1.807, 2.05) is 25.1 Å². The summed E-state index contributed by atoms with van der Waals surface area (Å²) in [6, 6.07) is 7.26. The van der Waals surface area contributed by atoms with E-state index in [1.165, 1.54) is 4.57 Å². The normalized spacial score (nSPS) is 18.3. The number of pyridine rings is 2. The lowest BCUT2D eigenvalue weighted by Crippen LogP contribution is -2.14. The van der Waals surface area contributed by atoms with Gasteiger partial charge in [0.25, 0.3) is 5.56 Å². The molecule has 6 nitrogen and oxygen atoms in total. The zero-order valence-electron chi connectivity index (χ0n) is 15.1. The summed E-state index contributed by atoms with van der Waals surface area (Å²) in [5, 5.41) is 0.641. The first-order valence-electron chi connectivity index (χ1n) is 8.76. The van der Waals surface area contributed by atoms with E-state index in [0.29, 0.717) is 35.2 Å². The summed E-state index contributed by atoms with van der Waals surface area (Å²) in [7, 11) is 1.72. The summed E-state index contributed by atoms with van der Waals surface area (Å²) in [4.78, 5) is 25.0. The molecule has 27 heavy (non-hydrogen) atoms. The fourth-order valence-corrected chi connectivity index (χ4v) is 3.17. The number of aromatic nitrogens is 4. The van der Waals surface area contributed by atoms with Crippen molar-refractivity contribution in [2.75, 3.05) is 6.61 Å². The molecule has 1 aliphatic rings. The van der Waals surface area contributed by atoms with Crippen LogP contribution >= 0.6 is 11.6 Å². The van der Waals surface area contributed by atoms with Gasteiger partial charge < -0.3 is 9.30 Å². The van der Waals surface area contributed by atoms with Crippen molar-refractivity contribution in [3.8, 4) is 17.0 Å². The molecule has 138 valence electrons. The first-order valence-corrected chi connectivity index (χ1v) is 9.14. The second-order valence-corrected chi connectivity index (χ2v) is 7.25. The van der Waals surface area contributed by atoms with E-state index >= 15 is 0 Å². The Morgan fingerprint density at radius 1 is 1.26 bits per heavy atom. The summed E-state index contributed by atoms with van der Waals surface area (Å²) >= 11 is 5.90. The Balaban J connectivity index is 1.51. The second kappa shape index (κ2) is 7.12. The number of ether oxygens (including phenoxy) is 1. The lowest BCUT2D eigenvalue weighted by atomic mass is 10.1. The largest absolute Gasteiger partial charge is 0.477 e. The minimum Gasteiger partial charge on any atom is -0.477 e. The quantitative estimate of drug-likeness (QED) is 0.676. The zero-order chi connectivity index (χ0) is 19.0. The smallest absolute Gasteiger partial charge is 0.250 e. The van der Waals surface area contributed by atoms with Crippen molar-refractivity contribution in [1.82, 2.24) is 19.5 Å². The van der Waals surface area contributed by atoms with E-state index in [0.717, 1.165) is 23.2 Å². The molecule has 3 aromatic heterocycles. The van der Waals surface area contributed by atoms with Gasteiger partial charge in [-0.1, -0.05) is 11.6 Å². The number of hydrogen-bond donors (Lipinski definition) is 0. The van der Waals surface area contributed by atoms with Gasteiger partial charge in [-0.25, -0.2) is 4.98 Å². The molecule has 4 rings (SSSR count). The standard InChI is InChI=1S/C20H19ClN4O2/c1-12-22-10-17(13-5-6-25(2)19(26)8-13)20(24-12)27-11-14-7-16(14)18-4-3-15(21)9-23-18/h3-6,8-10,14,16H,7,11H2,1-2H3/t14-,16+/m0/s1. The number of rotatable bonds is 5. The van der Waals surface area contributed by atoms with Gasteiger partial charge in [-0.15, -0.1) is 0 Å². The van der Waals surface area contributed by atoms with Crippen LogP contribution in [0, 0.1) is 12.8 Å².